The van der Waals surface area contributed by atoms with Gasteiger partial charge in [-0.15, -0.1) is 0 Å². The summed E-state index contributed by atoms with van der Waals surface area (Å²) in [6.07, 6.45) is 4.44. The predicted molar refractivity (Wildman–Crippen MR) is 94.8 cm³/mol. The van der Waals surface area contributed by atoms with Crippen molar-refractivity contribution in [3.05, 3.63) is 23.7 Å². The number of carbonyl (C=O) groups excluding carboxylic acids is 1. The number of hydrogen-bond acceptors (Lipinski definition) is 4. The normalized spacial score (nSPS) is 24.9. The number of likely N-dealkylation sites (tertiary alicyclic amines) is 1. The van der Waals surface area contributed by atoms with Crippen LogP contribution in [-0.4, -0.2) is 43.0 Å². The zero-order chi connectivity index (χ0) is 16.9. The molecule has 134 valence electrons. The first-order valence-electron chi connectivity index (χ1n) is 9.46. The number of furan rings is 1. The highest BCUT2D eigenvalue weighted by Crippen LogP contribution is 2.47. The van der Waals surface area contributed by atoms with E-state index in [0.717, 1.165) is 62.9 Å². The van der Waals surface area contributed by atoms with E-state index < -0.39 is 0 Å². The maximum Gasteiger partial charge on any atom is 0.234 e. The SMILES string of the molecule is CCCNC(=O)CN1CCC(NCc2ccc(C3CC3C)o2)CC1. The topological polar surface area (TPSA) is 57.5 Å². The summed E-state index contributed by atoms with van der Waals surface area (Å²) in [5.41, 5.74) is 0. The molecule has 1 saturated heterocycles. The van der Waals surface area contributed by atoms with Crippen LogP contribution < -0.4 is 10.6 Å². The van der Waals surface area contributed by atoms with Gasteiger partial charge < -0.3 is 15.1 Å². The molecule has 5 nitrogen and oxygen atoms in total. The Kier molecular flexibility index (Phi) is 5.95. The van der Waals surface area contributed by atoms with Gasteiger partial charge in [0.2, 0.25) is 5.91 Å². The third-order valence-corrected chi connectivity index (χ3v) is 5.25. The van der Waals surface area contributed by atoms with Crippen molar-refractivity contribution in [1.82, 2.24) is 15.5 Å². The Morgan fingerprint density at radius 1 is 1.33 bits per heavy atom. The van der Waals surface area contributed by atoms with Gasteiger partial charge in [0.25, 0.3) is 0 Å². The molecule has 0 radical (unpaired) electrons. The molecule has 3 rings (SSSR count). The van der Waals surface area contributed by atoms with E-state index in [1.807, 2.05) is 0 Å². The Hall–Kier alpha value is -1.33. The predicted octanol–water partition coefficient (Wildman–Crippen LogP) is 2.48. The first-order valence-corrected chi connectivity index (χ1v) is 9.46. The molecular weight excluding hydrogens is 302 g/mol. The molecule has 2 atom stereocenters. The lowest BCUT2D eigenvalue weighted by atomic mass is 10.0. The van der Waals surface area contributed by atoms with Crippen molar-refractivity contribution in [3.8, 4) is 0 Å². The van der Waals surface area contributed by atoms with Crippen LogP contribution in [0, 0.1) is 5.92 Å². The van der Waals surface area contributed by atoms with E-state index in [2.05, 4.69) is 41.5 Å². The minimum absolute atomic E-state index is 0.153. The summed E-state index contributed by atoms with van der Waals surface area (Å²) in [6.45, 7) is 8.45. The fourth-order valence-corrected chi connectivity index (χ4v) is 3.47. The smallest absolute Gasteiger partial charge is 0.234 e. The van der Waals surface area contributed by atoms with Gasteiger partial charge in [0.05, 0.1) is 13.1 Å². The highest BCUT2D eigenvalue weighted by Gasteiger charge is 2.36. The lowest BCUT2D eigenvalue weighted by Gasteiger charge is -2.31. The Labute approximate surface area is 145 Å². The summed E-state index contributed by atoms with van der Waals surface area (Å²) in [5, 5.41) is 6.56. The van der Waals surface area contributed by atoms with Crippen molar-refractivity contribution < 1.29 is 9.21 Å². The molecule has 1 aliphatic heterocycles. The molecule has 2 heterocycles. The van der Waals surface area contributed by atoms with E-state index >= 15 is 0 Å². The molecule has 2 fully saturated rings. The minimum Gasteiger partial charge on any atom is -0.464 e. The second kappa shape index (κ2) is 8.17. The van der Waals surface area contributed by atoms with E-state index in [1.54, 1.807) is 0 Å². The van der Waals surface area contributed by atoms with E-state index in [9.17, 15) is 4.79 Å². The Bertz CT molecular complexity index is 534. The summed E-state index contributed by atoms with van der Waals surface area (Å²) < 4.78 is 5.95. The van der Waals surface area contributed by atoms with Crippen molar-refractivity contribution in [2.45, 2.75) is 58.0 Å². The van der Waals surface area contributed by atoms with Crippen LogP contribution in [0.25, 0.3) is 0 Å². The number of carbonyl (C=O) groups is 1. The number of nitrogens with one attached hydrogen (secondary N) is 2. The van der Waals surface area contributed by atoms with Gasteiger partial charge in [-0.1, -0.05) is 13.8 Å². The molecule has 24 heavy (non-hydrogen) atoms. The van der Waals surface area contributed by atoms with E-state index in [0.29, 0.717) is 18.5 Å². The van der Waals surface area contributed by atoms with Gasteiger partial charge in [-0.25, -0.2) is 0 Å². The average Bonchev–Trinajstić information content (AvgIpc) is 3.13. The van der Waals surface area contributed by atoms with Crippen LogP contribution >= 0.6 is 0 Å². The largest absolute Gasteiger partial charge is 0.464 e. The van der Waals surface area contributed by atoms with Crippen LogP contribution in [0.5, 0.6) is 0 Å². The van der Waals surface area contributed by atoms with Gasteiger partial charge in [0.15, 0.2) is 0 Å². The van der Waals surface area contributed by atoms with E-state index in [1.165, 1.54) is 6.42 Å². The van der Waals surface area contributed by atoms with Gasteiger partial charge in [-0.3, -0.25) is 9.69 Å². The number of amides is 1. The molecule has 5 heteroatoms. The molecule has 1 aromatic heterocycles. The average molecular weight is 333 g/mol. The van der Waals surface area contributed by atoms with Gasteiger partial charge in [-0.2, -0.15) is 0 Å². The van der Waals surface area contributed by atoms with Crippen LogP contribution in [0.4, 0.5) is 0 Å². The quantitative estimate of drug-likeness (QED) is 0.767. The first kappa shape index (κ1) is 17.5. The monoisotopic (exact) mass is 333 g/mol. The second-order valence-electron chi connectivity index (χ2n) is 7.40. The van der Waals surface area contributed by atoms with Crippen LogP contribution in [0.3, 0.4) is 0 Å². The van der Waals surface area contributed by atoms with Crippen molar-refractivity contribution in [2.75, 3.05) is 26.2 Å². The third kappa shape index (κ3) is 4.84. The fraction of sp³-hybridized carbons (Fsp3) is 0.737. The zero-order valence-electron chi connectivity index (χ0n) is 15.0. The Balaban J connectivity index is 1.33. The van der Waals surface area contributed by atoms with Crippen molar-refractivity contribution in [2.24, 2.45) is 5.92 Å². The molecule has 1 saturated carbocycles. The molecule has 1 amide bonds. The number of piperidine rings is 1. The van der Waals surface area contributed by atoms with Crippen LogP contribution in [0.15, 0.2) is 16.5 Å². The fourth-order valence-electron chi connectivity index (χ4n) is 3.47. The Morgan fingerprint density at radius 2 is 2.08 bits per heavy atom. The summed E-state index contributed by atoms with van der Waals surface area (Å²) in [4.78, 5) is 14.0. The molecular formula is C19H31N3O2. The van der Waals surface area contributed by atoms with Crippen molar-refractivity contribution in [1.29, 1.82) is 0 Å². The summed E-state index contributed by atoms with van der Waals surface area (Å²) >= 11 is 0. The minimum atomic E-state index is 0.153. The van der Waals surface area contributed by atoms with Crippen molar-refractivity contribution in [3.63, 3.8) is 0 Å². The molecule has 0 spiro atoms. The highest BCUT2D eigenvalue weighted by molar-refractivity contribution is 5.77. The van der Waals surface area contributed by atoms with E-state index in [4.69, 9.17) is 4.42 Å². The molecule has 2 aliphatic rings. The summed E-state index contributed by atoms with van der Waals surface area (Å²) in [6, 6.07) is 4.77. The summed E-state index contributed by atoms with van der Waals surface area (Å²) in [7, 11) is 0. The molecule has 2 unspecified atom stereocenters. The first-order chi connectivity index (χ1) is 11.7. The second-order valence-corrected chi connectivity index (χ2v) is 7.40. The number of rotatable bonds is 8. The number of hydrogen-bond donors (Lipinski definition) is 2. The standard InChI is InChI=1S/C19H31N3O2/c1-3-8-20-19(23)13-22-9-6-15(7-10-22)21-12-16-4-5-18(24-16)17-11-14(17)2/h4-5,14-15,17,21H,3,6-13H2,1-2H3,(H,20,23). The molecule has 1 aromatic rings. The lowest BCUT2D eigenvalue weighted by Crippen LogP contribution is -2.46. The Morgan fingerprint density at radius 3 is 2.75 bits per heavy atom. The van der Waals surface area contributed by atoms with Gasteiger partial charge >= 0.3 is 0 Å². The molecule has 1 aliphatic carbocycles. The number of nitrogens with zero attached hydrogens (tertiary/aromatic N) is 1. The molecule has 0 bridgehead atoms. The maximum absolute atomic E-state index is 11.8. The van der Waals surface area contributed by atoms with E-state index in [-0.39, 0.29) is 5.91 Å². The molecule has 0 aromatic carbocycles. The maximum atomic E-state index is 11.8. The van der Waals surface area contributed by atoms with Gasteiger partial charge in [-0.05, 0) is 43.7 Å². The zero-order valence-corrected chi connectivity index (χ0v) is 15.0. The lowest BCUT2D eigenvalue weighted by molar-refractivity contribution is -0.122. The van der Waals surface area contributed by atoms with Gasteiger partial charge in [0, 0.05) is 31.6 Å². The third-order valence-electron chi connectivity index (χ3n) is 5.25. The van der Waals surface area contributed by atoms with Crippen LogP contribution in [-0.2, 0) is 11.3 Å². The highest BCUT2D eigenvalue weighted by atomic mass is 16.3. The van der Waals surface area contributed by atoms with Gasteiger partial charge in [0.1, 0.15) is 11.5 Å². The van der Waals surface area contributed by atoms with Crippen LogP contribution in [0.2, 0.25) is 0 Å². The summed E-state index contributed by atoms with van der Waals surface area (Å²) in [5.74, 6) is 3.80. The van der Waals surface area contributed by atoms with Crippen molar-refractivity contribution >= 4 is 5.91 Å². The molecule has 2 N–H and O–H groups in total. The van der Waals surface area contributed by atoms with Crippen LogP contribution in [0.1, 0.15) is 57.0 Å².